The summed E-state index contributed by atoms with van der Waals surface area (Å²) in [5, 5.41) is 7.15. The molecular weight excluding hydrogens is 513 g/mol. The van der Waals surface area contributed by atoms with E-state index in [4.69, 9.17) is 0 Å². The van der Waals surface area contributed by atoms with Gasteiger partial charge in [-0.25, -0.2) is 9.97 Å². The Balaban J connectivity index is 1.26. The van der Waals surface area contributed by atoms with Crippen LogP contribution in [0.5, 0.6) is 0 Å². The summed E-state index contributed by atoms with van der Waals surface area (Å²) in [7, 11) is 0. The zero-order valence-corrected chi connectivity index (χ0v) is 22.7. The first-order valence-electron chi connectivity index (χ1n) is 13.3. The monoisotopic (exact) mass is 548 g/mol. The zero-order valence-electron chi connectivity index (χ0n) is 21.9. The molecule has 2 N–H and O–H groups in total. The minimum absolute atomic E-state index is 0.0465. The number of likely N-dealkylation sites (tertiary alicyclic amines) is 1. The molecule has 7 nitrogen and oxygen atoms in total. The molecule has 38 heavy (non-hydrogen) atoms. The van der Waals surface area contributed by atoms with Crippen molar-refractivity contribution in [3.05, 3.63) is 41.1 Å². The van der Waals surface area contributed by atoms with Gasteiger partial charge in [0.15, 0.2) is 0 Å². The Morgan fingerprint density at radius 3 is 2.74 bits per heavy atom. The smallest absolute Gasteiger partial charge is 0.355 e. The topological polar surface area (TPSA) is 73.4 Å². The summed E-state index contributed by atoms with van der Waals surface area (Å²) in [5.74, 6) is 0.761. The Labute approximate surface area is 225 Å². The number of amides is 1. The first kappa shape index (κ1) is 27.1. The molecule has 0 bridgehead atoms. The van der Waals surface area contributed by atoms with Gasteiger partial charge in [-0.2, -0.15) is 13.2 Å². The van der Waals surface area contributed by atoms with Gasteiger partial charge in [-0.05, 0) is 30.9 Å². The van der Waals surface area contributed by atoms with Gasteiger partial charge in [0, 0.05) is 55.6 Å². The average Bonchev–Trinajstić information content (AvgIpc) is 3.45. The first-order chi connectivity index (χ1) is 18.1. The van der Waals surface area contributed by atoms with Crippen molar-refractivity contribution in [3.8, 4) is 0 Å². The van der Waals surface area contributed by atoms with E-state index >= 15 is 0 Å². The van der Waals surface area contributed by atoms with Crippen LogP contribution < -0.4 is 15.5 Å². The number of allylic oxidation sites excluding steroid dienone is 3. The molecule has 1 spiro atoms. The standard InChI is InChI=1S/C27H35F3N6OS/c1-18(2)31-9-10-32-24(37)22(19-6-4-3-5-7-19)36-15-26(16-36)8-11-35(14-26)23-21-12-20(13-27(28,29)30)38-25(21)34-17-33-23/h3-4,6,12,17-18,22,31H,5,7-11,13-16H2,1-2H3,(H,32,37). The molecule has 1 atom stereocenters. The number of thiophene rings is 1. The second kappa shape index (κ2) is 10.9. The van der Waals surface area contributed by atoms with Crippen LogP contribution in [0.3, 0.4) is 0 Å². The zero-order chi connectivity index (χ0) is 26.9. The second-order valence-electron chi connectivity index (χ2n) is 11.0. The summed E-state index contributed by atoms with van der Waals surface area (Å²) in [5.41, 5.74) is 1.20. The number of carbonyl (C=O) groups is 1. The molecule has 0 aromatic carbocycles. The molecule has 1 unspecified atom stereocenters. The van der Waals surface area contributed by atoms with Gasteiger partial charge in [-0.3, -0.25) is 9.69 Å². The predicted octanol–water partition coefficient (Wildman–Crippen LogP) is 4.07. The van der Waals surface area contributed by atoms with E-state index in [1.807, 2.05) is 6.08 Å². The van der Waals surface area contributed by atoms with Crippen molar-refractivity contribution in [1.82, 2.24) is 25.5 Å². The molecule has 0 saturated carbocycles. The minimum atomic E-state index is -4.25. The van der Waals surface area contributed by atoms with Gasteiger partial charge in [-0.15, -0.1) is 11.3 Å². The minimum Gasteiger partial charge on any atom is -0.355 e. The molecule has 2 aromatic heterocycles. The Morgan fingerprint density at radius 2 is 2.03 bits per heavy atom. The highest BCUT2D eigenvalue weighted by Gasteiger charge is 2.51. The van der Waals surface area contributed by atoms with Crippen molar-refractivity contribution in [1.29, 1.82) is 0 Å². The molecule has 4 heterocycles. The number of rotatable bonds is 9. The molecular formula is C27H35F3N6OS. The van der Waals surface area contributed by atoms with Crippen molar-refractivity contribution >= 4 is 33.3 Å². The van der Waals surface area contributed by atoms with E-state index in [2.05, 4.69) is 56.4 Å². The van der Waals surface area contributed by atoms with Crippen LogP contribution in [-0.4, -0.2) is 78.3 Å². The highest BCUT2D eigenvalue weighted by Crippen LogP contribution is 2.44. The average molecular weight is 549 g/mol. The predicted molar refractivity (Wildman–Crippen MR) is 144 cm³/mol. The van der Waals surface area contributed by atoms with Gasteiger partial charge in [0.1, 0.15) is 23.0 Å². The lowest BCUT2D eigenvalue weighted by molar-refractivity contribution is -0.130. The fourth-order valence-corrected chi connectivity index (χ4v) is 6.88. The number of nitrogens with one attached hydrogen (secondary N) is 2. The maximum absolute atomic E-state index is 13.3. The number of hydrogen-bond donors (Lipinski definition) is 2. The highest BCUT2D eigenvalue weighted by molar-refractivity contribution is 7.18. The van der Waals surface area contributed by atoms with Crippen LogP contribution >= 0.6 is 11.3 Å². The third-order valence-corrected chi connectivity index (χ3v) is 8.58. The van der Waals surface area contributed by atoms with Gasteiger partial charge >= 0.3 is 6.18 Å². The van der Waals surface area contributed by atoms with Gasteiger partial charge in [0.2, 0.25) is 5.91 Å². The molecule has 206 valence electrons. The fraction of sp³-hybridized carbons (Fsp3) is 0.593. The van der Waals surface area contributed by atoms with Crippen molar-refractivity contribution in [2.75, 3.05) is 44.2 Å². The second-order valence-corrected chi connectivity index (χ2v) is 12.1. The van der Waals surface area contributed by atoms with E-state index in [1.165, 1.54) is 6.33 Å². The number of hydrogen-bond acceptors (Lipinski definition) is 7. The first-order valence-corrected chi connectivity index (χ1v) is 14.1. The summed E-state index contributed by atoms with van der Waals surface area (Å²) in [6, 6.07) is 1.69. The van der Waals surface area contributed by atoms with E-state index in [9.17, 15) is 18.0 Å². The Kier molecular flexibility index (Phi) is 7.79. The normalized spacial score (nSPS) is 20.3. The molecule has 2 fully saturated rings. The van der Waals surface area contributed by atoms with Crippen LogP contribution in [0.15, 0.2) is 36.2 Å². The van der Waals surface area contributed by atoms with Crippen molar-refractivity contribution in [3.63, 3.8) is 0 Å². The third kappa shape index (κ3) is 6.05. The number of fused-ring (bicyclic) bond motifs is 1. The summed E-state index contributed by atoms with van der Waals surface area (Å²) in [6.45, 7) is 8.66. The van der Waals surface area contributed by atoms with E-state index in [-0.39, 0.29) is 22.2 Å². The number of anilines is 1. The molecule has 11 heteroatoms. The largest absolute Gasteiger partial charge is 0.393 e. The molecule has 2 saturated heterocycles. The van der Waals surface area contributed by atoms with E-state index < -0.39 is 12.6 Å². The molecule has 1 aliphatic carbocycles. The summed E-state index contributed by atoms with van der Waals surface area (Å²) >= 11 is 1.08. The Hall–Kier alpha value is -2.50. The van der Waals surface area contributed by atoms with E-state index in [1.54, 1.807) is 6.07 Å². The Bertz CT molecular complexity index is 1220. The van der Waals surface area contributed by atoms with Crippen molar-refractivity contribution < 1.29 is 18.0 Å². The lowest BCUT2D eigenvalue weighted by atomic mass is 9.77. The number of alkyl halides is 3. The van der Waals surface area contributed by atoms with Crippen molar-refractivity contribution in [2.24, 2.45) is 5.41 Å². The van der Waals surface area contributed by atoms with Gasteiger partial charge in [0.05, 0.1) is 11.8 Å². The SMILES string of the molecule is CC(C)NCCNC(=O)C(C1=CC=CCC1)N1CC2(CCN(c3ncnc4sc(CC(F)(F)F)cc34)C2)C1. The quantitative estimate of drug-likeness (QED) is 0.461. The number of halogens is 3. The van der Waals surface area contributed by atoms with Crippen LogP contribution in [-0.2, 0) is 11.2 Å². The summed E-state index contributed by atoms with van der Waals surface area (Å²) < 4.78 is 38.9. The maximum atomic E-state index is 13.3. The molecule has 2 aromatic rings. The maximum Gasteiger partial charge on any atom is 0.393 e. The molecule has 3 aliphatic rings. The fourth-order valence-electron chi connectivity index (χ4n) is 5.86. The number of nitrogens with zero attached hydrogens (tertiary/aromatic N) is 4. The van der Waals surface area contributed by atoms with Crippen LogP contribution in [0.1, 0.15) is 38.0 Å². The number of aromatic nitrogens is 2. The van der Waals surface area contributed by atoms with Crippen LogP contribution in [0, 0.1) is 5.41 Å². The van der Waals surface area contributed by atoms with E-state index in [0.29, 0.717) is 28.6 Å². The molecule has 0 radical (unpaired) electrons. The summed E-state index contributed by atoms with van der Waals surface area (Å²) in [6.07, 6.45) is 5.28. The van der Waals surface area contributed by atoms with Gasteiger partial charge in [0.25, 0.3) is 0 Å². The molecule has 2 aliphatic heterocycles. The lowest BCUT2D eigenvalue weighted by Crippen LogP contribution is -2.64. The van der Waals surface area contributed by atoms with Gasteiger partial charge < -0.3 is 15.5 Å². The molecule has 5 rings (SSSR count). The van der Waals surface area contributed by atoms with Crippen LogP contribution in [0.4, 0.5) is 19.0 Å². The van der Waals surface area contributed by atoms with E-state index in [0.717, 1.165) is 68.9 Å². The molecule has 1 amide bonds. The van der Waals surface area contributed by atoms with Gasteiger partial charge in [-0.1, -0.05) is 32.1 Å². The highest BCUT2D eigenvalue weighted by atomic mass is 32.1. The Morgan fingerprint density at radius 1 is 1.21 bits per heavy atom. The third-order valence-electron chi connectivity index (χ3n) is 7.54. The van der Waals surface area contributed by atoms with Crippen LogP contribution in [0.2, 0.25) is 0 Å². The number of carbonyl (C=O) groups excluding carboxylic acids is 1. The summed E-state index contributed by atoms with van der Waals surface area (Å²) in [4.78, 5) is 27.3. The lowest BCUT2D eigenvalue weighted by Gasteiger charge is -2.51. The van der Waals surface area contributed by atoms with Crippen molar-refractivity contribution in [2.45, 2.75) is 57.8 Å². The van der Waals surface area contributed by atoms with Crippen LogP contribution in [0.25, 0.3) is 10.2 Å².